The molecule has 2 aromatic carbocycles. The smallest absolute Gasteiger partial charge is 0.159 e. The van der Waals surface area contributed by atoms with E-state index in [0.29, 0.717) is 0 Å². The van der Waals surface area contributed by atoms with Gasteiger partial charge in [-0.05, 0) is 25.1 Å². The highest BCUT2D eigenvalue weighted by Crippen LogP contribution is 2.37. The molecule has 0 aliphatic rings. The molecule has 0 radical (unpaired) electrons. The van der Waals surface area contributed by atoms with Crippen LogP contribution in [0.2, 0.25) is 0 Å². The minimum atomic E-state index is 0.825. The average molecular weight is 317 g/mol. The summed E-state index contributed by atoms with van der Waals surface area (Å²) in [6.45, 7) is 9.89. The molecule has 0 saturated heterocycles. The monoisotopic (exact) mass is 317 g/mol. The first-order valence-corrected chi connectivity index (χ1v) is 8.44. The highest BCUT2D eigenvalue weighted by atomic mass is 16.3. The van der Waals surface area contributed by atoms with Crippen LogP contribution in [-0.2, 0) is 7.05 Å². The van der Waals surface area contributed by atoms with E-state index < -0.39 is 0 Å². The maximum atomic E-state index is 6.13. The van der Waals surface area contributed by atoms with E-state index in [1.807, 2.05) is 26.8 Å². The van der Waals surface area contributed by atoms with Crippen LogP contribution in [0.5, 0.6) is 0 Å². The second kappa shape index (κ2) is 6.40. The molecular weight excluding hydrogens is 294 g/mol. The molecule has 0 aliphatic heterocycles. The maximum Gasteiger partial charge on any atom is 0.159 e. The van der Waals surface area contributed by atoms with E-state index in [9.17, 15) is 0 Å². The lowest BCUT2D eigenvalue weighted by Crippen LogP contribution is -1.86. The van der Waals surface area contributed by atoms with Gasteiger partial charge in [0.25, 0.3) is 0 Å². The maximum absolute atomic E-state index is 6.13. The first-order valence-electron chi connectivity index (χ1n) is 8.44. The predicted octanol–water partition coefficient (Wildman–Crippen LogP) is 6.78. The standard InChI is InChI=1S/C20H17NO.C2H6/c1-4-8-14-16-12-11-15-13-9-6-7-10-17(13)21(3)19(15)20(16)22-18(14)5-2;1-2/h4-12H,2H2,1,3H3;1-2H3/b8-4-;. The number of rotatable bonds is 2. The van der Waals surface area contributed by atoms with Crippen LogP contribution in [0.1, 0.15) is 32.1 Å². The fourth-order valence-electron chi connectivity index (χ4n) is 3.34. The first kappa shape index (κ1) is 16.1. The molecule has 0 fully saturated rings. The van der Waals surface area contributed by atoms with Gasteiger partial charge in [-0.25, -0.2) is 0 Å². The molecule has 0 unspecified atom stereocenters. The third kappa shape index (κ3) is 2.18. The van der Waals surface area contributed by atoms with Crippen molar-refractivity contribution in [2.45, 2.75) is 20.8 Å². The van der Waals surface area contributed by atoms with Crippen molar-refractivity contribution in [2.75, 3.05) is 0 Å². The Morgan fingerprint density at radius 2 is 1.71 bits per heavy atom. The molecule has 0 amide bonds. The highest BCUT2D eigenvalue weighted by Gasteiger charge is 2.17. The molecule has 2 nitrogen and oxygen atoms in total. The first-order chi connectivity index (χ1) is 11.8. The molecule has 24 heavy (non-hydrogen) atoms. The second-order valence-electron chi connectivity index (χ2n) is 5.50. The molecule has 4 rings (SSSR count). The molecule has 0 atom stereocenters. The summed E-state index contributed by atoms with van der Waals surface area (Å²) in [7, 11) is 2.09. The lowest BCUT2D eigenvalue weighted by Gasteiger charge is -1.98. The number of aryl methyl sites for hydroxylation is 1. The van der Waals surface area contributed by atoms with Crippen molar-refractivity contribution in [3.05, 3.63) is 60.4 Å². The number of allylic oxidation sites excluding steroid dienone is 1. The van der Waals surface area contributed by atoms with Gasteiger partial charge in [-0.15, -0.1) is 0 Å². The molecule has 0 aliphatic carbocycles. The zero-order valence-electron chi connectivity index (χ0n) is 14.8. The molecular formula is C22H23NO. The van der Waals surface area contributed by atoms with Crippen LogP contribution in [0.3, 0.4) is 0 Å². The van der Waals surface area contributed by atoms with Gasteiger partial charge in [0.15, 0.2) is 5.58 Å². The van der Waals surface area contributed by atoms with E-state index in [0.717, 1.165) is 27.8 Å². The molecule has 0 N–H and O–H groups in total. The van der Waals surface area contributed by atoms with Crippen molar-refractivity contribution in [1.82, 2.24) is 4.57 Å². The van der Waals surface area contributed by atoms with Crippen LogP contribution in [-0.4, -0.2) is 4.57 Å². The van der Waals surface area contributed by atoms with E-state index in [4.69, 9.17) is 4.42 Å². The van der Waals surface area contributed by atoms with Gasteiger partial charge in [0, 0.05) is 34.3 Å². The lowest BCUT2D eigenvalue weighted by atomic mass is 10.1. The Kier molecular flexibility index (Phi) is 4.30. The van der Waals surface area contributed by atoms with Crippen LogP contribution in [0, 0.1) is 0 Å². The molecule has 0 bridgehead atoms. The molecule has 4 aromatic rings. The van der Waals surface area contributed by atoms with Gasteiger partial charge in [0.1, 0.15) is 5.76 Å². The molecule has 2 heterocycles. The van der Waals surface area contributed by atoms with Gasteiger partial charge >= 0.3 is 0 Å². The summed E-state index contributed by atoms with van der Waals surface area (Å²) in [5.41, 5.74) is 4.38. The second-order valence-corrected chi connectivity index (χ2v) is 5.50. The van der Waals surface area contributed by atoms with E-state index in [-0.39, 0.29) is 0 Å². The number of aromatic nitrogens is 1. The van der Waals surface area contributed by atoms with Crippen LogP contribution < -0.4 is 0 Å². The van der Waals surface area contributed by atoms with Gasteiger partial charge < -0.3 is 8.98 Å². The molecule has 0 saturated carbocycles. The van der Waals surface area contributed by atoms with Crippen molar-refractivity contribution in [2.24, 2.45) is 7.05 Å². The number of furan rings is 1. The van der Waals surface area contributed by atoms with Gasteiger partial charge in [-0.1, -0.05) is 56.8 Å². The number of nitrogens with zero attached hydrogens (tertiary/aromatic N) is 1. The van der Waals surface area contributed by atoms with Crippen LogP contribution in [0.15, 0.2) is 53.5 Å². The van der Waals surface area contributed by atoms with E-state index in [2.05, 4.69) is 60.7 Å². The van der Waals surface area contributed by atoms with E-state index >= 15 is 0 Å². The summed E-state index contributed by atoms with van der Waals surface area (Å²) < 4.78 is 8.35. The number of benzene rings is 2. The lowest BCUT2D eigenvalue weighted by molar-refractivity contribution is 0.605. The Morgan fingerprint density at radius 3 is 2.42 bits per heavy atom. The number of hydrogen-bond acceptors (Lipinski definition) is 1. The summed E-state index contributed by atoms with van der Waals surface area (Å²) in [6.07, 6.45) is 5.89. The summed E-state index contributed by atoms with van der Waals surface area (Å²) in [5.74, 6) is 0.825. The Bertz CT molecular complexity index is 1060. The fraction of sp³-hybridized carbons (Fsp3) is 0.182. The summed E-state index contributed by atoms with van der Waals surface area (Å²) in [6, 6.07) is 12.8. The predicted molar refractivity (Wildman–Crippen MR) is 106 cm³/mol. The zero-order valence-corrected chi connectivity index (χ0v) is 14.8. The third-order valence-electron chi connectivity index (χ3n) is 4.31. The quantitative estimate of drug-likeness (QED) is 0.398. The summed E-state index contributed by atoms with van der Waals surface area (Å²) >= 11 is 0. The Balaban J connectivity index is 0.000000815. The average Bonchev–Trinajstić information content (AvgIpc) is 3.13. The van der Waals surface area contributed by atoms with Gasteiger partial charge in [0.2, 0.25) is 0 Å². The normalized spacial score (nSPS) is 11.3. The van der Waals surface area contributed by atoms with Crippen molar-refractivity contribution in [3.63, 3.8) is 0 Å². The van der Waals surface area contributed by atoms with Crippen LogP contribution in [0.4, 0.5) is 0 Å². The van der Waals surface area contributed by atoms with E-state index in [1.54, 1.807) is 6.08 Å². The highest BCUT2D eigenvalue weighted by molar-refractivity contribution is 6.17. The summed E-state index contributed by atoms with van der Waals surface area (Å²) in [4.78, 5) is 0. The SMILES string of the molecule is C=Cc1oc2c(ccc3c4ccccc4n(C)c32)c1/C=C\C.CC. The van der Waals surface area contributed by atoms with Crippen molar-refractivity contribution < 1.29 is 4.42 Å². The van der Waals surface area contributed by atoms with Crippen molar-refractivity contribution >= 4 is 44.9 Å². The Morgan fingerprint density at radius 1 is 1.00 bits per heavy atom. The molecule has 0 spiro atoms. The Hall–Kier alpha value is -2.74. The molecule has 2 heteroatoms. The number of para-hydroxylation sites is 1. The van der Waals surface area contributed by atoms with Gasteiger partial charge in [-0.2, -0.15) is 0 Å². The third-order valence-corrected chi connectivity index (χ3v) is 4.31. The minimum Gasteiger partial charge on any atom is -0.454 e. The molecule has 2 aromatic heterocycles. The number of fused-ring (bicyclic) bond motifs is 5. The Labute approximate surface area is 142 Å². The van der Waals surface area contributed by atoms with Gasteiger partial charge in [-0.3, -0.25) is 0 Å². The zero-order chi connectivity index (χ0) is 17.3. The number of hydrogen-bond donors (Lipinski definition) is 0. The van der Waals surface area contributed by atoms with Crippen molar-refractivity contribution in [3.8, 4) is 0 Å². The van der Waals surface area contributed by atoms with Crippen LogP contribution in [0.25, 0.3) is 44.9 Å². The minimum absolute atomic E-state index is 0.825. The molecule has 122 valence electrons. The van der Waals surface area contributed by atoms with Gasteiger partial charge in [0.05, 0.1) is 5.52 Å². The largest absolute Gasteiger partial charge is 0.454 e. The topological polar surface area (TPSA) is 18.1 Å². The van der Waals surface area contributed by atoms with Crippen LogP contribution >= 0.6 is 0 Å². The van der Waals surface area contributed by atoms with Crippen molar-refractivity contribution in [1.29, 1.82) is 0 Å². The summed E-state index contributed by atoms with van der Waals surface area (Å²) in [5, 5.41) is 3.61. The fourth-order valence-corrected chi connectivity index (χ4v) is 3.34. The van der Waals surface area contributed by atoms with E-state index in [1.165, 1.54) is 16.3 Å².